The molecule has 0 saturated heterocycles. The monoisotopic (exact) mass is 345 g/mol. The van der Waals surface area contributed by atoms with Crippen LogP contribution < -0.4 is 20.7 Å². The largest absolute Gasteiger partial charge is 0.497 e. The van der Waals surface area contributed by atoms with E-state index in [4.69, 9.17) is 4.74 Å². The Hall–Kier alpha value is -3.42. The van der Waals surface area contributed by atoms with Crippen LogP contribution in [0.4, 0.5) is 15.8 Å². The molecule has 0 aromatic heterocycles. The Kier molecular flexibility index (Phi) is 6.05. The van der Waals surface area contributed by atoms with Crippen molar-refractivity contribution in [2.75, 3.05) is 24.3 Å². The number of hydrogen-bond acceptors (Lipinski definition) is 4. The molecule has 130 valence electrons. The lowest BCUT2D eigenvalue weighted by molar-refractivity contribution is -0.136. The van der Waals surface area contributed by atoms with Crippen LogP contribution in [0.15, 0.2) is 48.5 Å². The van der Waals surface area contributed by atoms with Crippen molar-refractivity contribution in [3.8, 4) is 5.75 Å². The van der Waals surface area contributed by atoms with Crippen molar-refractivity contribution < 1.29 is 23.5 Å². The smallest absolute Gasteiger partial charge is 0.313 e. The summed E-state index contributed by atoms with van der Waals surface area (Å²) in [5.74, 6) is -2.33. The summed E-state index contributed by atoms with van der Waals surface area (Å²) in [4.78, 5) is 35.2. The minimum Gasteiger partial charge on any atom is -0.497 e. The average Bonchev–Trinajstić information content (AvgIpc) is 2.61. The van der Waals surface area contributed by atoms with Gasteiger partial charge in [-0.15, -0.1) is 0 Å². The van der Waals surface area contributed by atoms with Gasteiger partial charge in [0, 0.05) is 17.4 Å². The lowest BCUT2D eigenvalue weighted by Crippen LogP contribution is -2.39. The van der Waals surface area contributed by atoms with E-state index in [9.17, 15) is 18.8 Å². The van der Waals surface area contributed by atoms with Gasteiger partial charge in [0.25, 0.3) is 0 Å². The van der Waals surface area contributed by atoms with Crippen molar-refractivity contribution in [3.63, 3.8) is 0 Å². The quantitative estimate of drug-likeness (QED) is 0.716. The summed E-state index contributed by atoms with van der Waals surface area (Å²) in [5.41, 5.74) is 0.761. The van der Waals surface area contributed by atoms with Crippen LogP contribution in [0.5, 0.6) is 5.75 Å². The summed E-state index contributed by atoms with van der Waals surface area (Å²) in [7, 11) is 1.48. The summed E-state index contributed by atoms with van der Waals surface area (Å²) in [6.45, 7) is -0.401. The fourth-order valence-electron chi connectivity index (χ4n) is 1.87. The highest BCUT2D eigenvalue weighted by Crippen LogP contribution is 2.16. The average molecular weight is 345 g/mol. The lowest BCUT2D eigenvalue weighted by Gasteiger charge is -2.08. The highest BCUT2D eigenvalue weighted by Gasteiger charge is 2.15. The number of amides is 3. The summed E-state index contributed by atoms with van der Waals surface area (Å²) in [6, 6.07) is 11.6. The molecule has 7 nitrogen and oxygen atoms in total. The number of halogens is 1. The van der Waals surface area contributed by atoms with E-state index in [1.54, 1.807) is 24.3 Å². The number of hydrogen-bond donors (Lipinski definition) is 3. The Morgan fingerprint density at radius 2 is 1.68 bits per heavy atom. The molecule has 2 rings (SSSR count). The van der Waals surface area contributed by atoms with Gasteiger partial charge >= 0.3 is 11.8 Å². The molecule has 3 amide bonds. The zero-order valence-corrected chi connectivity index (χ0v) is 13.3. The van der Waals surface area contributed by atoms with Gasteiger partial charge in [-0.05, 0) is 36.4 Å². The fraction of sp³-hybridized carbons (Fsp3) is 0.118. The van der Waals surface area contributed by atoms with Gasteiger partial charge < -0.3 is 20.7 Å². The van der Waals surface area contributed by atoms with Gasteiger partial charge in [0.05, 0.1) is 13.7 Å². The second kappa shape index (κ2) is 8.44. The van der Waals surface area contributed by atoms with Crippen LogP contribution in [0.2, 0.25) is 0 Å². The Balaban J connectivity index is 1.81. The standard InChI is InChI=1S/C17H16FN3O4/c1-25-14-4-2-3-13(9-14)21-17(24)16(23)19-10-15(22)20-12-7-5-11(18)6-8-12/h2-9H,10H2,1H3,(H,19,23)(H,20,22)(H,21,24). The molecule has 0 bridgehead atoms. The molecular formula is C17H16FN3O4. The molecule has 0 heterocycles. The molecule has 0 aliphatic heterocycles. The van der Waals surface area contributed by atoms with Crippen molar-refractivity contribution in [1.29, 1.82) is 0 Å². The van der Waals surface area contributed by atoms with E-state index in [1.807, 2.05) is 0 Å². The molecule has 25 heavy (non-hydrogen) atoms. The molecule has 0 aliphatic carbocycles. The Labute approximate surface area is 143 Å². The van der Waals surface area contributed by atoms with E-state index in [1.165, 1.54) is 31.4 Å². The van der Waals surface area contributed by atoms with Crippen molar-refractivity contribution in [2.45, 2.75) is 0 Å². The maximum Gasteiger partial charge on any atom is 0.313 e. The first-order valence-electron chi connectivity index (χ1n) is 7.26. The second-order valence-corrected chi connectivity index (χ2v) is 4.92. The highest BCUT2D eigenvalue weighted by atomic mass is 19.1. The molecule has 0 aliphatic rings. The van der Waals surface area contributed by atoms with E-state index < -0.39 is 30.1 Å². The SMILES string of the molecule is COc1cccc(NC(=O)C(=O)NCC(=O)Nc2ccc(F)cc2)c1. The Morgan fingerprint density at radius 1 is 0.960 bits per heavy atom. The number of rotatable bonds is 5. The molecule has 0 fully saturated rings. The summed E-state index contributed by atoms with van der Waals surface area (Å²) in [6.07, 6.45) is 0. The van der Waals surface area contributed by atoms with E-state index in [-0.39, 0.29) is 0 Å². The zero-order chi connectivity index (χ0) is 18.2. The number of ether oxygens (including phenoxy) is 1. The van der Waals surface area contributed by atoms with Gasteiger partial charge in [0.15, 0.2) is 0 Å². The molecule has 0 atom stereocenters. The van der Waals surface area contributed by atoms with Crippen molar-refractivity contribution in [3.05, 3.63) is 54.3 Å². The number of nitrogens with one attached hydrogen (secondary N) is 3. The maximum atomic E-state index is 12.8. The third-order valence-corrected chi connectivity index (χ3v) is 3.07. The molecule has 3 N–H and O–H groups in total. The van der Waals surface area contributed by atoms with E-state index in [0.29, 0.717) is 17.1 Å². The zero-order valence-electron chi connectivity index (χ0n) is 13.3. The van der Waals surface area contributed by atoms with Crippen molar-refractivity contribution in [1.82, 2.24) is 5.32 Å². The Bertz CT molecular complexity index is 778. The third kappa shape index (κ3) is 5.61. The molecule has 8 heteroatoms. The van der Waals surface area contributed by atoms with E-state index in [2.05, 4.69) is 16.0 Å². The molecule has 0 unspecified atom stereocenters. The maximum absolute atomic E-state index is 12.8. The normalized spacial score (nSPS) is 9.84. The van der Waals surface area contributed by atoms with Gasteiger partial charge in [-0.25, -0.2) is 4.39 Å². The molecule has 2 aromatic rings. The first-order valence-corrected chi connectivity index (χ1v) is 7.26. The van der Waals surface area contributed by atoms with Gasteiger partial charge in [-0.1, -0.05) is 6.07 Å². The minimum atomic E-state index is -0.961. The molecule has 2 aromatic carbocycles. The third-order valence-electron chi connectivity index (χ3n) is 3.07. The van der Waals surface area contributed by atoms with E-state index in [0.717, 1.165) is 0 Å². The van der Waals surface area contributed by atoms with Crippen LogP contribution >= 0.6 is 0 Å². The van der Waals surface area contributed by atoms with Crippen LogP contribution in [0, 0.1) is 5.82 Å². The number of anilines is 2. The predicted octanol–water partition coefficient (Wildman–Crippen LogP) is 1.53. The van der Waals surface area contributed by atoms with Crippen LogP contribution in [0.25, 0.3) is 0 Å². The predicted molar refractivity (Wildman–Crippen MR) is 89.7 cm³/mol. The second-order valence-electron chi connectivity index (χ2n) is 4.92. The van der Waals surface area contributed by atoms with Crippen LogP contribution in [-0.2, 0) is 14.4 Å². The van der Waals surface area contributed by atoms with Crippen molar-refractivity contribution >= 4 is 29.1 Å². The van der Waals surface area contributed by atoms with Gasteiger partial charge in [0.1, 0.15) is 11.6 Å². The minimum absolute atomic E-state index is 0.376. The number of carbonyl (C=O) groups is 3. The topological polar surface area (TPSA) is 96.5 Å². The summed E-state index contributed by atoms with van der Waals surface area (Å²) < 4.78 is 17.8. The number of carbonyl (C=O) groups excluding carboxylic acids is 3. The number of benzene rings is 2. The molecule has 0 saturated carbocycles. The first-order chi connectivity index (χ1) is 12.0. The fourth-order valence-corrected chi connectivity index (χ4v) is 1.87. The summed E-state index contributed by atoms with van der Waals surface area (Å²) in [5, 5.41) is 7.05. The van der Waals surface area contributed by atoms with Crippen LogP contribution in [0.1, 0.15) is 0 Å². The number of methoxy groups -OCH3 is 1. The van der Waals surface area contributed by atoms with E-state index >= 15 is 0 Å². The molecule has 0 radical (unpaired) electrons. The molecular weight excluding hydrogens is 329 g/mol. The van der Waals surface area contributed by atoms with Crippen molar-refractivity contribution in [2.24, 2.45) is 0 Å². The first kappa shape index (κ1) is 17.9. The van der Waals surface area contributed by atoms with Gasteiger partial charge in [-0.3, -0.25) is 14.4 Å². The Morgan fingerprint density at radius 3 is 2.36 bits per heavy atom. The molecule has 0 spiro atoms. The summed E-state index contributed by atoms with van der Waals surface area (Å²) >= 11 is 0. The lowest BCUT2D eigenvalue weighted by atomic mass is 10.3. The highest BCUT2D eigenvalue weighted by molar-refractivity contribution is 6.39. The van der Waals surface area contributed by atoms with Gasteiger partial charge in [-0.2, -0.15) is 0 Å². The van der Waals surface area contributed by atoms with Gasteiger partial charge in [0.2, 0.25) is 5.91 Å². The van der Waals surface area contributed by atoms with Crippen LogP contribution in [0.3, 0.4) is 0 Å². The van der Waals surface area contributed by atoms with Crippen LogP contribution in [-0.4, -0.2) is 31.4 Å².